The van der Waals surface area contributed by atoms with Crippen LogP contribution in [0.25, 0.3) is 0 Å². The first kappa shape index (κ1) is 15.9. The molecule has 2 aliphatic heterocycles. The summed E-state index contributed by atoms with van der Waals surface area (Å²) in [6, 6.07) is 3.83. The van der Waals surface area contributed by atoms with Gasteiger partial charge < -0.3 is 19.3 Å². The second-order valence-electron chi connectivity index (χ2n) is 6.07. The van der Waals surface area contributed by atoms with E-state index in [0.29, 0.717) is 32.1 Å². The Labute approximate surface area is 135 Å². The molecule has 1 aromatic carbocycles. The number of likely N-dealkylation sites (tertiary alicyclic amines) is 1. The first-order chi connectivity index (χ1) is 11.2. The average molecular weight is 321 g/mol. The summed E-state index contributed by atoms with van der Waals surface area (Å²) in [5.41, 5.74) is 1.00. The number of carboxylic acids is 1. The second-order valence-corrected chi connectivity index (χ2v) is 6.07. The van der Waals surface area contributed by atoms with E-state index in [1.165, 1.54) is 0 Å². The van der Waals surface area contributed by atoms with Crippen molar-refractivity contribution in [3.8, 4) is 17.2 Å². The highest BCUT2D eigenvalue weighted by atomic mass is 16.5. The quantitative estimate of drug-likeness (QED) is 0.916. The van der Waals surface area contributed by atoms with E-state index in [2.05, 4.69) is 4.90 Å². The lowest BCUT2D eigenvalue weighted by Crippen LogP contribution is -2.38. The first-order valence-corrected chi connectivity index (χ1v) is 8.09. The molecule has 0 unspecified atom stereocenters. The Balaban J connectivity index is 1.78. The number of benzene rings is 1. The van der Waals surface area contributed by atoms with Crippen LogP contribution in [-0.2, 0) is 11.3 Å². The van der Waals surface area contributed by atoms with Crippen molar-refractivity contribution >= 4 is 5.97 Å². The molecule has 23 heavy (non-hydrogen) atoms. The van der Waals surface area contributed by atoms with Gasteiger partial charge in [0.25, 0.3) is 0 Å². The summed E-state index contributed by atoms with van der Waals surface area (Å²) in [5.74, 6) is 1.22. The minimum Gasteiger partial charge on any atom is -0.496 e. The molecule has 2 heterocycles. The predicted molar refractivity (Wildman–Crippen MR) is 84.2 cm³/mol. The highest BCUT2D eigenvalue weighted by molar-refractivity contribution is 5.70. The molecule has 6 nitrogen and oxygen atoms in total. The summed E-state index contributed by atoms with van der Waals surface area (Å²) < 4.78 is 16.9. The second kappa shape index (κ2) is 7.08. The highest BCUT2D eigenvalue weighted by Crippen LogP contribution is 2.37. The Hall–Kier alpha value is -1.95. The summed E-state index contributed by atoms with van der Waals surface area (Å²) in [5, 5.41) is 9.22. The number of aliphatic carboxylic acids is 1. The number of ether oxygens (including phenoxy) is 3. The molecule has 0 aliphatic carbocycles. The molecule has 0 saturated carbocycles. The SMILES string of the molecule is COc1cc2c(cc1CN1CCC[C@@H](C(=O)O)C1)OCCCO2. The lowest BCUT2D eigenvalue weighted by molar-refractivity contribution is -0.143. The first-order valence-electron chi connectivity index (χ1n) is 8.09. The van der Waals surface area contributed by atoms with Gasteiger partial charge in [-0.25, -0.2) is 0 Å². The molecule has 0 aromatic heterocycles. The van der Waals surface area contributed by atoms with Crippen LogP contribution in [0.1, 0.15) is 24.8 Å². The van der Waals surface area contributed by atoms with Gasteiger partial charge in [0.05, 0.1) is 26.2 Å². The fraction of sp³-hybridized carbons (Fsp3) is 0.588. The molecular formula is C17H23NO5. The normalized spacial score (nSPS) is 21.5. The van der Waals surface area contributed by atoms with Crippen molar-refractivity contribution in [3.63, 3.8) is 0 Å². The van der Waals surface area contributed by atoms with E-state index < -0.39 is 5.97 Å². The molecule has 1 aromatic rings. The third-order valence-electron chi connectivity index (χ3n) is 4.40. The van der Waals surface area contributed by atoms with Gasteiger partial charge in [0.15, 0.2) is 11.5 Å². The predicted octanol–water partition coefficient (Wildman–Crippen LogP) is 2.15. The average Bonchev–Trinajstić information content (AvgIpc) is 2.79. The van der Waals surface area contributed by atoms with Crippen LogP contribution in [0.2, 0.25) is 0 Å². The fourth-order valence-electron chi connectivity index (χ4n) is 3.19. The topological polar surface area (TPSA) is 68.2 Å². The number of piperidine rings is 1. The minimum absolute atomic E-state index is 0.282. The van der Waals surface area contributed by atoms with Crippen molar-refractivity contribution in [2.45, 2.75) is 25.8 Å². The van der Waals surface area contributed by atoms with Gasteiger partial charge in [-0.2, -0.15) is 0 Å². The standard InChI is InChI=1S/C17H23NO5/c1-21-14-9-16-15(22-6-3-7-23-16)8-13(14)11-18-5-2-4-12(10-18)17(19)20/h8-9,12H,2-7,10-11H2,1H3,(H,19,20)/t12-/m1/s1. The monoisotopic (exact) mass is 321 g/mol. The van der Waals surface area contributed by atoms with Gasteiger partial charge >= 0.3 is 5.97 Å². The van der Waals surface area contributed by atoms with Crippen molar-refractivity contribution in [3.05, 3.63) is 17.7 Å². The summed E-state index contributed by atoms with van der Waals surface area (Å²) in [6.45, 7) is 3.42. The summed E-state index contributed by atoms with van der Waals surface area (Å²) in [6.07, 6.45) is 2.52. The van der Waals surface area contributed by atoms with Crippen LogP contribution in [0, 0.1) is 5.92 Å². The largest absolute Gasteiger partial charge is 0.496 e. The molecule has 0 amide bonds. The van der Waals surface area contributed by atoms with Gasteiger partial charge in [0.2, 0.25) is 0 Å². The molecule has 0 bridgehead atoms. The van der Waals surface area contributed by atoms with Crippen LogP contribution < -0.4 is 14.2 Å². The zero-order chi connectivity index (χ0) is 16.2. The Morgan fingerprint density at radius 3 is 2.74 bits per heavy atom. The molecule has 1 fully saturated rings. The number of carboxylic acid groups (broad SMARTS) is 1. The smallest absolute Gasteiger partial charge is 0.307 e. The van der Waals surface area contributed by atoms with Gasteiger partial charge in [-0.3, -0.25) is 9.69 Å². The fourth-order valence-corrected chi connectivity index (χ4v) is 3.19. The van der Waals surface area contributed by atoms with E-state index in [9.17, 15) is 9.90 Å². The molecule has 0 spiro atoms. The molecule has 0 radical (unpaired) electrons. The number of rotatable bonds is 4. The third kappa shape index (κ3) is 3.69. The van der Waals surface area contributed by atoms with Crippen molar-refractivity contribution in [2.75, 3.05) is 33.4 Å². The van der Waals surface area contributed by atoms with E-state index in [1.54, 1.807) is 7.11 Å². The van der Waals surface area contributed by atoms with Crippen molar-refractivity contribution < 1.29 is 24.1 Å². The Morgan fingerprint density at radius 2 is 2.04 bits per heavy atom. The molecule has 3 rings (SSSR count). The molecule has 1 N–H and O–H groups in total. The minimum atomic E-state index is -0.708. The van der Waals surface area contributed by atoms with Crippen LogP contribution in [0.3, 0.4) is 0 Å². The summed E-state index contributed by atoms with van der Waals surface area (Å²) >= 11 is 0. The molecule has 126 valence electrons. The number of hydrogen-bond donors (Lipinski definition) is 1. The lowest BCUT2D eigenvalue weighted by atomic mass is 9.97. The van der Waals surface area contributed by atoms with E-state index in [1.807, 2.05) is 12.1 Å². The number of hydrogen-bond acceptors (Lipinski definition) is 5. The Bertz CT molecular complexity index is 574. The summed E-state index contributed by atoms with van der Waals surface area (Å²) in [4.78, 5) is 13.4. The van der Waals surface area contributed by atoms with Gasteiger partial charge in [-0.1, -0.05) is 0 Å². The molecule has 1 saturated heterocycles. The van der Waals surface area contributed by atoms with E-state index in [4.69, 9.17) is 14.2 Å². The Morgan fingerprint density at radius 1 is 1.30 bits per heavy atom. The van der Waals surface area contributed by atoms with Crippen LogP contribution in [0.4, 0.5) is 0 Å². The molecular weight excluding hydrogens is 298 g/mol. The van der Waals surface area contributed by atoms with E-state index in [-0.39, 0.29) is 5.92 Å². The number of fused-ring (bicyclic) bond motifs is 1. The van der Waals surface area contributed by atoms with Crippen LogP contribution in [0.5, 0.6) is 17.2 Å². The van der Waals surface area contributed by atoms with Gasteiger partial charge in [-0.15, -0.1) is 0 Å². The maximum Gasteiger partial charge on any atom is 0.307 e. The molecule has 1 atom stereocenters. The van der Waals surface area contributed by atoms with Crippen LogP contribution >= 0.6 is 0 Å². The van der Waals surface area contributed by atoms with Crippen molar-refractivity contribution in [1.29, 1.82) is 0 Å². The van der Waals surface area contributed by atoms with Crippen LogP contribution in [0.15, 0.2) is 12.1 Å². The maximum absolute atomic E-state index is 11.2. The van der Waals surface area contributed by atoms with Gasteiger partial charge in [0.1, 0.15) is 5.75 Å². The van der Waals surface area contributed by atoms with E-state index >= 15 is 0 Å². The summed E-state index contributed by atoms with van der Waals surface area (Å²) in [7, 11) is 1.64. The molecule has 2 aliphatic rings. The zero-order valence-corrected chi connectivity index (χ0v) is 13.4. The Kier molecular flexibility index (Phi) is 4.91. The van der Waals surface area contributed by atoms with Gasteiger partial charge in [0, 0.05) is 31.1 Å². The van der Waals surface area contributed by atoms with Crippen molar-refractivity contribution in [2.24, 2.45) is 5.92 Å². The number of nitrogens with zero attached hydrogens (tertiary/aromatic N) is 1. The van der Waals surface area contributed by atoms with E-state index in [0.717, 1.165) is 42.9 Å². The third-order valence-corrected chi connectivity index (χ3v) is 4.40. The van der Waals surface area contributed by atoms with Crippen molar-refractivity contribution in [1.82, 2.24) is 4.90 Å². The number of carbonyl (C=O) groups is 1. The molecule has 6 heteroatoms. The van der Waals surface area contributed by atoms with Gasteiger partial charge in [-0.05, 0) is 25.5 Å². The number of methoxy groups -OCH3 is 1. The van der Waals surface area contributed by atoms with Crippen LogP contribution in [-0.4, -0.2) is 49.4 Å². The maximum atomic E-state index is 11.2. The highest BCUT2D eigenvalue weighted by Gasteiger charge is 2.26. The zero-order valence-electron chi connectivity index (χ0n) is 13.4. The lowest BCUT2D eigenvalue weighted by Gasteiger charge is -2.31.